The summed E-state index contributed by atoms with van der Waals surface area (Å²) >= 11 is 0. The summed E-state index contributed by atoms with van der Waals surface area (Å²) in [6, 6.07) is 15.6. The molecule has 0 aliphatic carbocycles. The van der Waals surface area contributed by atoms with Gasteiger partial charge in [-0.3, -0.25) is 0 Å². The van der Waals surface area contributed by atoms with Crippen LogP contribution in [0, 0.1) is 0 Å². The van der Waals surface area contributed by atoms with Crippen LogP contribution in [0.25, 0.3) is 0 Å². The Kier molecular flexibility index (Phi) is 10.4. The van der Waals surface area contributed by atoms with Crippen LogP contribution in [0.2, 0.25) is 0 Å². The first kappa shape index (κ1) is 32.6. The maximum Gasteiger partial charge on any atom is 0.461 e. The number of aliphatic hydroxyl groups is 1. The van der Waals surface area contributed by atoms with Crippen LogP contribution in [0.15, 0.2) is 72.8 Å². The first-order valence-corrected chi connectivity index (χ1v) is 12.0. The lowest BCUT2D eigenvalue weighted by molar-refractivity contribution is -0.253. The molecule has 0 bridgehead atoms. The molecule has 0 heterocycles. The molecule has 3 aromatic carbocycles. The van der Waals surface area contributed by atoms with E-state index in [2.05, 4.69) is 4.74 Å². The van der Waals surface area contributed by atoms with Gasteiger partial charge in [-0.15, -0.1) is 0 Å². The first-order chi connectivity index (χ1) is 19.5. The number of alkyl halides is 10. The van der Waals surface area contributed by atoms with Crippen molar-refractivity contribution < 1.29 is 63.2 Å². The Morgan fingerprint density at radius 3 is 1.90 bits per heavy atom. The summed E-state index contributed by atoms with van der Waals surface area (Å²) in [6.07, 6.45) is -21.3. The van der Waals surface area contributed by atoms with Gasteiger partial charge in [-0.1, -0.05) is 30.3 Å². The van der Waals surface area contributed by atoms with Crippen molar-refractivity contribution in [3.63, 3.8) is 0 Å². The average molecular weight is 615 g/mol. The summed E-state index contributed by atoms with van der Waals surface area (Å²) in [5.41, 5.74) is 0.609. The highest BCUT2D eigenvalue weighted by Crippen LogP contribution is 2.31. The number of anilines is 1. The predicted octanol–water partition coefficient (Wildman–Crippen LogP) is 7.37. The predicted molar refractivity (Wildman–Crippen MR) is 130 cm³/mol. The number of rotatable bonds is 13. The molecule has 15 heteroatoms. The minimum Gasteiger partial charge on any atom is -0.489 e. The zero-order valence-electron chi connectivity index (χ0n) is 21.3. The molecule has 3 rings (SSSR count). The molecule has 0 radical (unpaired) electrons. The van der Waals surface area contributed by atoms with Gasteiger partial charge >= 0.3 is 24.9 Å². The Hall–Kier alpha value is -3.88. The number of ether oxygens (including phenoxy) is 3. The van der Waals surface area contributed by atoms with Gasteiger partial charge in [0.05, 0.1) is 6.54 Å². The van der Waals surface area contributed by atoms with Crippen LogP contribution in [-0.4, -0.2) is 49.2 Å². The molecule has 0 saturated carbocycles. The molecule has 3 aromatic rings. The van der Waals surface area contributed by atoms with E-state index in [4.69, 9.17) is 9.47 Å². The Balaban J connectivity index is 1.79. The van der Waals surface area contributed by atoms with E-state index >= 15 is 0 Å². The highest BCUT2D eigenvalue weighted by molar-refractivity contribution is 5.52. The van der Waals surface area contributed by atoms with E-state index in [1.165, 1.54) is 54.6 Å². The quantitative estimate of drug-likeness (QED) is 0.204. The minimum atomic E-state index is -5.00. The first-order valence-electron chi connectivity index (χ1n) is 12.0. The third-order valence-corrected chi connectivity index (χ3v) is 5.44. The Labute approximate surface area is 232 Å². The van der Waals surface area contributed by atoms with Gasteiger partial charge in [-0.05, 0) is 47.5 Å². The number of halogens is 10. The zero-order chi connectivity index (χ0) is 31.1. The molecule has 42 heavy (non-hydrogen) atoms. The summed E-state index contributed by atoms with van der Waals surface area (Å²) in [7, 11) is 0. The number of nitrogens with zero attached hydrogens (tertiary/aromatic N) is 1. The lowest BCUT2D eigenvalue weighted by Crippen LogP contribution is -2.40. The van der Waals surface area contributed by atoms with Crippen molar-refractivity contribution in [2.24, 2.45) is 0 Å². The Morgan fingerprint density at radius 2 is 1.29 bits per heavy atom. The molecule has 230 valence electrons. The van der Waals surface area contributed by atoms with Crippen molar-refractivity contribution >= 4 is 5.69 Å². The second-order valence-corrected chi connectivity index (χ2v) is 8.89. The highest BCUT2D eigenvalue weighted by Gasteiger charge is 2.44. The molecule has 1 atom stereocenters. The van der Waals surface area contributed by atoms with E-state index in [1.54, 1.807) is 6.07 Å². The maximum atomic E-state index is 13.3. The van der Waals surface area contributed by atoms with Crippen LogP contribution < -0.4 is 19.1 Å². The van der Waals surface area contributed by atoms with Crippen LogP contribution in [0.1, 0.15) is 11.1 Å². The van der Waals surface area contributed by atoms with Crippen LogP contribution in [0.3, 0.4) is 0 Å². The van der Waals surface area contributed by atoms with Gasteiger partial charge in [0.25, 0.3) is 0 Å². The molecule has 0 aromatic heterocycles. The molecule has 0 fully saturated rings. The second kappa shape index (κ2) is 13.4. The van der Waals surface area contributed by atoms with Gasteiger partial charge in [-0.25, -0.2) is 0 Å². The molecule has 5 nitrogen and oxygen atoms in total. The fourth-order valence-electron chi connectivity index (χ4n) is 3.53. The molecule has 0 aliphatic rings. The fraction of sp³-hybridized carbons (Fsp3) is 0.333. The van der Waals surface area contributed by atoms with E-state index in [-0.39, 0.29) is 29.4 Å². The van der Waals surface area contributed by atoms with Crippen molar-refractivity contribution in [3.05, 3.63) is 83.9 Å². The van der Waals surface area contributed by atoms with Crippen LogP contribution in [0.4, 0.5) is 49.6 Å². The zero-order valence-corrected chi connectivity index (χ0v) is 21.3. The summed E-state index contributed by atoms with van der Waals surface area (Å²) in [5.74, 6) is -0.589. The van der Waals surface area contributed by atoms with Gasteiger partial charge in [0.1, 0.15) is 23.9 Å². The summed E-state index contributed by atoms with van der Waals surface area (Å²) in [6.45, 7) is -3.05. The van der Waals surface area contributed by atoms with Crippen LogP contribution in [-0.2, 0) is 13.2 Å². The van der Waals surface area contributed by atoms with Crippen molar-refractivity contribution in [1.82, 2.24) is 0 Å². The summed E-state index contributed by atoms with van der Waals surface area (Å²) in [4.78, 5) is 1.06. The molecule has 0 aliphatic heterocycles. The van der Waals surface area contributed by atoms with Crippen molar-refractivity contribution in [3.8, 4) is 17.2 Å². The average Bonchev–Trinajstić information content (AvgIpc) is 2.90. The molecule has 0 spiro atoms. The van der Waals surface area contributed by atoms with Gasteiger partial charge in [0.15, 0.2) is 12.7 Å². The largest absolute Gasteiger partial charge is 0.489 e. The normalized spacial score (nSPS) is 13.1. The minimum absolute atomic E-state index is 0.0630. The summed E-state index contributed by atoms with van der Waals surface area (Å²) < 4.78 is 143. The number of aliphatic hydroxyl groups excluding tert-OH is 1. The Bertz CT molecular complexity index is 1300. The van der Waals surface area contributed by atoms with Gasteiger partial charge in [0.2, 0.25) is 0 Å². The van der Waals surface area contributed by atoms with Crippen molar-refractivity contribution in [2.45, 2.75) is 44.1 Å². The van der Waals surface area contributed by atoms with E-state index in [1.807, 2.05) is 0 Å². The van der Waals surface area contributed by atoms with E-state index in [0.29, 0.717) is 5.56 Å². The third-order valence-electron chi connectivity index (χ3n) is 5.44. The molecule has 0 amide bonds. The monoisotopic (exact) mass is 615 g/mol. The molecule has 0 saturated heterocycles. The van der Waals surface area contributed by atoms with Crippen LogP contribution in [0.5, 0.6) is 17.2 Å². The smallest absolute Gasteiger partial charge is 0.461 e. The van der Waals surface area contributed by atoms with Gasteiger partial charge in [-0.2, -0.15) is 43.9 Å². The lowest BCUT2D eigenvalue weighted by atomic mass is 10.1. The molecular formula is C27H23F10NO4. The number of benzene rings is 3. The highest BCUT2D eigenvalue weighted by atomic mass is 19.4. The van der Waals surface area contributed by atoms with Crippen molar-refractivity contribution in [2.75, 3.05) is 18.1 Å². The standard InChI is InChI=1S/C27H23F10NO4/c28-24(29)27(36,37)42-22-9-1-4-17(10-22)13-38(14-23(39)26(33,34)35)19-6-3-8-21(12-19)40-15-18-5-2-7-20(11-18)41-16-25(30,31)32/h1-12,23-24,39H,13-16H2. The SMILES string of the molecule is OC(CN(Cc1cccc(OC(F)(F)C(F)F)c1)c1cccc(OCc2cccc(OCC(F)(F)F)c2)c1)C(F)(F)F. The third kappa shape index (κ3) is 10.2. The van der Waals surface area contributed by atoms with Gasteiger partial charge in [0, 0.05) is 18.3 Å². The van der Waals surface area contributed by atoms with E-state index in [9.17, 15) is 49.0 Å². The molecule has 1 N–H and O–H groups in total. The second-order valence-electron chi connectivity index (χ2n) is 8.89. The summed E-state index contributed by atoms with van der Waals surface area (Å²) in [5, 5.41) is 9.72. The van der Waals surface area contributed by atoms with E-state index in [0.717, 1.165) is 17.0 Å². The fourth-order valence-corrected chi connectivity index (χ4v) is 3.53. The lowest BCUT2D eigenvalue weighted by Gasteiger charge is -2.29. The number of hydrogen-bond acceptors (Lipinski definition) is 5. The van der Waals surface area contributed by atoms with Crippen LogP contribution >= 0.6 is 0 Å². The van der Waals surface area contributed by atoms with E-state index < -0.39 is 56.4 Å². The number of hydrogen-bond donors (Lipinski definition) is 1. The van der Waals surface area contributed by atoms with Gasteiger partial charge < -0.3 is 24.2 Å². The topological polar surface area (TPSA) is 51.2 Å². The van der Waals surface area contributed by atoms with Crippen molar-refractivity contribution in [1.29, 1.82) is 0 Å². The molecule has 1 unspecified atom stereocenters. The molecular weight excluding hydrogens is 592 g/mol. The Morgan fingerprint density at radius 1 is 0.714 bits per heavy atom. The maximum absolute atomic E-state index is 13.3.